The lowest BCUT2D eigenvalue weighted by atomic mass is 10.2. The Balaban J connectivity index is 2.36. The van der Waals surface area contributed by atoms with E-state index >= 15 is 0 Å². The summed E-state index contributed by atoms with van der Waals surface area (Å²) in [5.41, 5.74) is 0.857. The van der Waals surface area contributed by atoms with Gasteiger partial charge in [-0.15, -0.1) is 0 Å². The number of carbonyl (C=O) groups excluding carboxylic acids is 1. The van der Waals surface area contributed by atoms with Crippen LogP contribution in [0.4, 0.5) is 4.79 Å². The molecule has 20 heavy (non-hydrogen) atoms. The van der Waals surface area contributed by atoms with Crippen LogP contribution in [0.3, 0.4) is 0 Å². The van der Waals surface area contributed by atoms with Gasteiger partial charge < -0.3 is 15.2 Å². The number of hydrogen-bond acceptors (Lipinski definition) is 4. The lowest BCUT2D eigenvalue weighted by Gasteiger charge is -2.14. The zero-order valence-electron chi connectivity index (χ0n) is 11.4. The fourth-order valence-corrected chi connectivity index (χ4v) is 2.20. The second-order valence-corrected chi connectivity index (χ2v) is 5.48. The predicted octanol–water partition coefficient (Wildman–Crippen LogP) is 2.51. The first-order valence-electron chi connectivity index (χ1n) is 6.41. The number of carboxylic acids is 1. The van der Waals surface area contributed by atoms with Gasteiger partial charge in [-0.05, 0) is 23.5 Å². The average molecular weight is 297 g/mol. The minimum atomic E-state index is -1.04. The molecule has 0 bridgehead atoms. The van der Waals surface area contributed by atoms with Crippen LogP contribution >= 0.6 is 11.8 Å². The summed E-state index contributed by atoms with van der Waals surface area (Å²) in [5, 5.41) is 11.4. The molecule has 2 N–H and O–H groups in total. The highest BCUT2D eigenvalue weighted by atomic mass is 32.2. The number of benzene rings is 1. The summed E-state index contributed by atoms with van der Waals surface area (Å²) in [6, 6.07) is 8.32. The Labute approximate surface area is 122 Å². The molecule has 1 atom stereocenters. The normalized spacial score (nSPS) is 11.7. The zero-order chi connectivity index (χ0) is 14.8. The largest absolute Gasteiger partial charge is 0.480 e. The molecule has 0 unspecified atom stereocenters. The van der Waals surface area contributed by atoms with Crippen LogP contribution in [0.5, 0.6) is 0 Å². The molecule has 0 saturated heterocycles. The van der Waals surface area contributed by atoms with Crippen molar-refractivity contribution in [1.82, 2.24) is 5.32 Å². The summed E-state index contributed by atoms with van der Waals surface area (Å²) in [4.78, 5) is 22.6. The molecule has 1 amide bonds. The number of carbonyl (C=O) groups is 2. The van der Waals surface area contributed by atoms with E-state index in [0.29, 0.717) is 12.2 Å². The van der Waals surface area contributed by atoms with Crippen molar-refractivity contribution in [3.8, 4) is 0 Å². The summed E-state index contributed by atoms with van der Waals surface area (Å²) in [5.74, 6) is 0.565. The standard InChI is InChI=1S/C14H19NO4S/c1-2-20-9-8-12(13(16)17)15-14(18)19-10-11-6-4-3-5-7-11/h3-7,12H,2,8-10H2,1H3,(H,15,18)(H,16,17)/t12-/m0/s1. The Bertz CT molecular complexity index is 424. The highest BCUT2D eigenvalue weighted by Crippen LogP contribution is 2.05. The lowest BCUT2D eigenvalue weighted by Crippen LogP contribution is -2.41. The molecule has 6 heteroatoms. The van der Waals surface area contributed by atoms with Gasteiger partial charge in [0.1, 0.15) is 12.6 Å². The highest BCUT2D eigenvalue weighted by Gasteiger charge is 2.20. The summed E-state index contributed by atoms with van der Waals surface area (Å²) >= 11 is 1.64. The predicted molar refractivity (Wildman–Crippen MR) is 78.8 cm³/mol. The van der Waals surface area contributed by atoms with E-state index in [1.54, 1.807) is 11.8 Å². The van der Waals surface area contributed by atoms with Gasteiger partial charge in [0, 0.05) is 0 Å². The zero-order valence-corrected chi connectivity index (χ0v) is 12.2. The molecule has 0 fully saturated rings. The Kier molecular flexibility index (Phi) is 7.57. The van der Waals surface area contributed by atoms with Crippen LogP contribution in [-0.2, 0) is 16.1 Å². The molecule has 1 aromatic carbocycles. The van der Waals surface area contributed by atoms with Gasteiger partial charge in [0.2, 0.25) is 0 Å². The monoisotopic (exact) mass is 297 g/mol. The molecule has 5 nitrogen and oxygen atoms in total. The van der Waals surface area contributed by atoms with Crippen molar-refractivity contribution >= 4 is 23.8 Å². The first kappa shape index (κ1) is 16.4. The van der Waals surface area contributed by atoms with Crippen molar-refractivity contribution < 1.29 is 19.4 Å². The smallest absolute Gasteiger partial charge is 0.408 e. The number of amides is 1. The highest BCUT2D eigenvalue weighted by molar-refractivity contribution is 7.99. The van der Waals surface area contributed by atoms with Crippen LogP contribution in [0, 0.1) is 0 Å². The van der Waals surface area contributed by atoms with Gasteiger partial charge in [-0.2, -0.15) is 11.8 Å². The van der Waals surface area contributed by atoms with Crippen molar-refractivity contribution in [1.29, 1.82) is 0 Å². The van der Waals surface area contributed by atoms with E-state index in [0.717, 1.165) is 11.3 Å². The molecule has 0 aromatic heterocycles. The molecule has 0 aliphatic carbocycles. The number of hydrogen-bond donors (Lipinski definition) is 2. The van der Waals surface area contributed by atoms with Crippen LogP contribution in [-0.4, -0.2) is 34.7 Å². The summed E-state index contributed by atoms with van der Waals surface area (Å²) < 4.78 is 4.99. The fourth-order valence-electron chi connectivity index (χ4n) is 1.51. The van der Waals surface area contributed by atoms with E-state index in [2.05, 4.69) is 5.32 Å². The van der Waals surface area contributed by atoms with E-state index < -0.39 is 18.1 Å². The number of alkyl carbamates (subject to hydrolysis) is 1. The number of rotatable bonds is 8. The van der Waals surface area contributed by atoms with Crippen LogP contribution in [0.2, 0.25) is 0 Å². The van der Waals surface area contributed by atoms with E-state index in [1.807, 2.05) is 37.3 Å². The first-order valence-corrected chi connectivity index (χ1v) is 7.56. The number of ether oxygens (including phenoxy) is 1. The quantitative estimate of drug-likeness (QED) is 0.721. The number of thioether (sulfide) groups is 1. The molecule has 110 valence electrons. The molecule has 0 aliphatic heterocycles. The number of carboxylic acid groups (broad SMARTS) is 1. The Morgan fingerprint density at radius 2 is 2.05 bits per heavy atom. The van der Waals surface area contributed by atoms with E-state index in [-0.39, 0.29) is 6.61 Å². The van der Waals surface area contributed by atoms with E-state index in [9.17, 15) is 9.59 Å². The van der Waals surface area contributed by atoms with E-state index in [1.165, 1.54) is 0 Å². The van der Waals surface area contributed by atoms with E-state index in [4.69, 9.17) is 9.84 Å². The molecule has 0 spiro atoms. The van der Waals surface area contributed by atoms with Gasteiger partial charge in [0.25, 0.3) is 0 Å². The van der Waals surface area contributed by atoms with Crippen molar-refractivity contribution in [2.75, 3.05) is 11.5 Å². The third kappa shape index (κ3) is 6.47. The van der Waals surface area contributed by atoms with Crippen LogP contribution in [0.25, 0.3) is 0 Å². The molecular weight excluding hydrogens is 278 g/mol. The van der Waals surface area contributed by atoms with Gasteiger partial charge in [-0.1, -0.05) is 37.3 Å². The van der Waals surface area contributed by atoms with Gasteiger partial charge in [-0.25, -0.2) is 9.59 Å². The molecule has 1 aromatic rings. The summed E-state index contributed by atoms with van der Waals surface area (Å²) in [7, 11) is 0. The third-order valence-corrected chi connectivity index (χ3v) is 3.49. The topological polar surface area (TPSA) is 75.6 Å². The Hall–Kier alpha value is -1.69. The number of nitrogens with one attached hydrogen (secondary N) is 1. The number of aliphatic carboxylic acids is 1. The summed E-state index contributed by atoms with van der Waals surface area (Å²) in [6.07, 6.45) is -0.323. The second-order valence-electron chi connectivity index (χ2n) is 4.08. The first-order chi connectivity index (χ1) is 9.63. The molecule has 0 heterocycles. The minimum absolute atomic E-state index is 0.128. The minimum Gasteiger partial charge on any atom is -0.480 e. The molecule has 0 saturated carbocycles. The molecular formula is C14H19NO4S. The van der Waals surface area contributed by atoms with Crippen molar-refractivity contribution in [3.63, 3.8) is 0 Å². The van der Waals surface area contributed by atoms with Crippen molar-refractivity contribution in [2.24, 2.45) is 0 Å². The van der Waals surface area contributed by atoms with Crippen LogP contribution < -0.4 is 5.32 Å². The third-order valence-electron chi connectivity index (χ3n) is 2.56. The Morgan fingerprint density at radius 1 is 1.35 bits per heavy atom. The maximum absolute atomic E-state index is 11.6. The van der Waals surface area contributed by atoms with Gasteiger partial charge in [-0.3, -0.25) is 0 Å². The lowest BCUT2D eigenvalue weighted by molar-refractivity contribution is -0.139. The van der Waals surface area contributed by atoms with Gasteiger partial charge in [0.05, 0.1) is 0 Å². The maximum Gasteiger partial charge on any atom is 0.408 e. The van der Waals surface area contributed by atoms with Gasteiger partial charge >= 0.3 is 12.1 Å². The van der Waals surface area contributed by atoms with Crippen molar-refractivity contribution in [2.45, 2.75) is 26.0 Å². The van der Waals surface area contributed by atoms with Gasteiger partial charge in [0.15, 0.2) is 0 Å². The molecule has 0 radical (unpaired) electrons. The van der Waals surface area contributed by atoms with Crippen LogP contribution in [0.15, 0.2) is 30.3 Å². The molecule has 0 aliphatic rings. The fraction of sp³-hybridized carbons (Fsp3) is 0.429. The Morgan fingerprint density at radius 3 is 2.65 bits per heavy atom. The van der Waals surface area contributed by atoms with Crippen LogP contribution in [0.1, 0.15) is 18.9 Å². The molecule has 1 rings (SSSR count). The summed E-state index contributed by atoms with van der Waals surface area (Å²) in [6.45, 7) is 2.13. The van der Waals surface area contributed by atoms with Crippen molar-refractivity contribution in [3.05, 3.63) is 35.9 Å². The maximum atomic E-state index is 11.6. The average Bonchev–Trinajstić information content (AvgIpc) is 2.45. The second kappa shape index (κ2) is 9.25. The SMILES string of the molecule is CCSCC[C@H](NC(=O)OCc1ccccc1)C(=O)O.